The first-order valence-electron chi connectivity index (χ1n) is 11.4. The van der Waals surface area contributed by atoms with Gasteiger partial charge in [-0.05, 0) is 66.8 Å². The molecule has 2 aromatic heterocycles. The lowest BCUT2D eigenvalue weighted by Crippen LogP contribution is -2.24. The molecule has 0 atom stereocenters. The van der Waals surface area contributed by atoms with E-state index in [2.05, 4.69) is 10.3 Å². The Kier molecular flexibility index (Phi) is 8.50. The number of anilines is 1. The molecule has 2 heterocycles. The van der Waals surface area contributed by atoms with Gasteiger partial charge >= 0.3 is 0 Å². The Hall–Kier alpha value is -3.50. The number of aryl methyl sites for hydroxylation is 1. The number of methoxy groups -OCH3 is 2. The number of nitrogens with zero attached hydrogens (tertiary/aromatic N) is 2. The van der Waals surface area contributed by atoms with Crippen molar-refractivity contribution in [1.82, 2.24) is 9.55 Å². The zero-order chi connectivity index (χ0) is 25.5. The van der Waals surface area contributed by atoms with Crippen molar-refractivity contribution in [3.63, 3.8) is 0 Å². The zero-order valence-corrected chi connectivity index (χ0v) is 21.9. The number of aromatic nitrogens is 2. The van der Waals surface area contributed by atoms with Crippen molar-refractivity contribution in [1.29, 1.82) is 0 Å². The molecule has 1 N–H and O–H groups in total. The lowest BCUT2D eigenvalue weighted by Gasteiger charge is -2.13. The van der Waals surface area contributed by atoms with Crippen LogP contribution < -0.4 is 25.1 Å². The SMILES string of the molecule is CCOc1ccc(NC(=O)CSc2nc3ccsc3c(=O)n2CCc2ccc(OC)c(OC)c2)cc1. The van der Waals surface area contributed by atoms with Crippen molar-refractivity contribution in [3.05, 3.63) is 69.8 Å². The van der Waals surface area contributed by atoms with E-state index in [0.717, 1.165) is 11.3 Å². The van der Waals surface area contributed by atoms with Crippen LogP contribution in [0.15, 0.2) is 63.9 Å². The van der Waals surface area contributed by atoms with E-state index in [9.17, 15) is 9.59 Å². The molecule has 4 rings (SSSR count). The number of benzene rings is 2. The quantitative estimate of drug-likeness (QED) is 0.221. The number of hydrogen-bond donors (Lipinski definition) is 1. The van der Waals surface area contributed by atoms with E-state index in [-0.39, 0.29) is 17.2 Å². The van der Waals surface area contributed by atoms with Crippen LogP contribution in [0.3, 0.4) is 0 Å². The van der Waals surface area contributed by atoms with Crippen LogP contribution in [0.5, 0.6) is 17.2 Å². The standard InChI is InChI=1S/C26H27N3O5S2/c1-4-34-19-8-6-18(7-9-19)27-23(30)16-36-26-28-20-12-14-35-24(20)25(31)29(26)13-11-17-5-10-21(32-2)22(15-17)33-3/h5-10,12,14-15H,4,11,13,16H2,1-3H3,(H,27,30). The minimum absolute atomic E-state index is 0.107. The number of fused-ring (bicyclic) bond motifs is 1. The van der Waals surface area contributed by atoms with Gasteiger partial charge in [0.15, 0.2) is 16.7 Å². The molecule has 0 fully saturated rings. The number of carbonyl (C=O) groups is 1. The predicted molar refractivity (Wildman–Crippen MR) is 144 cm³/mol. The molecule has 4 aromatic rings. The lowest BCUT2D eigenvalue weighted by atomic mass is 10.1. The summed E-state index contributed by atoms with van der Waals surface area (Å²) in [5, 5.41) is 5.23. The van der Waals surface area contributed by atoms with Gasteiger partial charge in [0, 0.05) is 12.2 Å². The average molecular weight is 526 g/mol. The first-order chi connectivity index (χ1) is 17.5. The van der Waals surface area contributed by atoms with Gasteiger partial charge in [0.05, 0.1) is 32.1 Å². The monoisotopic (exact) mass is 525 g/mol. The van der Waals surface area contributed by atoms with Crippen LogP contribution in [0.4, 0.5) is 5.69 Å². The summed E-state index contributed by atoms with van der Waals surface area (Å²) in [4.78, 5) is 30.5. The summed E-state index contributed by atoms with van der Waals surface area (Å²) in [6, 6.07) is 14.7. The highest BCUT2D eigenvalue weighted by Crippen LogP contribution is 2.28. The molecule has 0 aliphatic heterocycles. The first kappa shape index (κ1) is 25.6. The van der Waals surface area contributed by atoms with Crippen LogP contribution in [-0.2, 0) is 17.8 Å². The molecule has 0 saturated carbocycles. The van der Waals surface area contributed by atoms with Crippen molar-refractivity contribution in [2.45, 2.75) is 25.0 Å². The normalized spacial score (nSPS) is 10.9. The predicted octanol–water partition coefficient (Wildman–Crippen LogP) is 4.85. The molecule has 36 heavy (non-hydrogen) atoms. The second-order valence-corrected chi connectivity index (χ2v) is 9.58. The number of rotatable bonds is 11. The average Bonchev–Trinajstić information content (AvgIpc) is 3.37. The van der Waals surface area contributed by atoms with E-state index in [1.54, 1.807) is 30.9 Å². The highest BCUT2D eigenvalue weighted by molar-refractivity contribution is 7.99. The smallest absolute Gasteiger partial charge is 0.272 e. The van der Waals surface area contributed by atoms with Crippen molar-refractivity contribution in [2.75, 3.05) is 31.9 Å². The number of carbonyl (C=O) groups excluding carboxylic acids is 1. The maximum absolute atomic E-state index is 13.2. The van der Waals surface area contributed by atoms with E-state index in [4.69, 9.17) is 14.2 Å². The summed E-state index contributed by atoms with van der Waals surface area (Å²) in [6.45, 7) is 2.91. The van der Waals surface area contributed by atoms with E-state index >= 15 is 0 Å². The van der Waals surface area contributed by atoms with Crippen LogP contribution in [0.1, 0.15) is 12.5 Å². The number of nitrogens with one attached hydrogen (secondary N) is 1. The Labute approximate surface area is 217 Å². The number of thiophene rings is 1. The summed E-state index contributed by atoms with van der Waals surface area (Å²) in [6.07, 6.45) is 0.588. The minimum atomic E-state index is -0.185. The molecule has 0 radical (unpaired) electrons. The molecule has 0 aliphatic carbocycles. The third-order valence-electron chi connectivity index (χ3n) is 5.38. The van der Waals surface area contributed by atoms with Crippen molar-refractivity contribution < 1.29 is 19.0 Å². The topological polar surface area (TPSA) is 91.7 Å². The molecule has 10 heteroatoms. The summed E-state index contributed by atoms with van der Waals surface area (Å²) < 4.78 is 18.4. The fraction of sp³-hybridized carbons (Fsp3) is 0.269. The molecule has 0 spiro atoms. The van der Waals surface area contributed by atoms with Crippen LogP contribution in [0.2, 0.25) is 0 Å². The highest BCUT2D eigenvalue weighted by Gasteiger charge is 2.15. The van der Waals surface area contributed by atoms with Crippen LogP contribution in [0, 0.1) is 0 Å². The lowest BCUT2D eigenvalue weighted by molar-refractivity contribution is -0.113. The Morgan fingerprint density at radius 1 is 1.08 bits per heavy atom. The molecule has 188 valence electrons. The van der Waals surface area contributed by atoms with Crippen LogP contribution in [-0.4, -0.2) is 42.0 Å². The fourth-order valence-corrected chi connectivity index (χ4v) is 5.24. The van der Waals surface area contributed by atoms with E-state index in [1.807, 2.05) is 48.7 Å². The van der Waals surface area contributed by atoms with Crippen molar-refractivity contribution >= 4 is 44.9 Å². The second kappa shape index (κ2) is 12.0. The summed E-state index contributed by atoms with van der Waals surface area (Å²) in [5.41, 5.74) is 2.21. The van der Waals surface area contributed by atoms with Gasteiger partial charge < -0.3 is 19.5 Å². The number of thioether (sulfide) groups is 1. The maximum Gasteiger partial charge on any atom is 0.272 e. The molecular formula is C26H27N3O5S2. The van der Waals surface area contributed by atoms with Crippen LogP contribution >= 0.6 is 23.1 Å². The number of hydrogen-bond acceptors (Lipinski definition) is 8. The molecule has 2 aromatic carbocycles. The van der Waals surface area contributed by atoms with Gasteiger partial charge in [0.2, 0.25) is 5.91 Å². The Morgan fingerprint density at radius 3 is 2.58 bits per heavy atom. The fourth-order valence-electron chi connectivity index (χ4n) is 3.64. The second-order valence-electron chi connectivity index (χ2n) is 7.72. The summed E-state index contributed by atoms with van der Waals surface area (Å²) in [7, 11) is 3.18. The van der Waals surface area contributed by atoms with E-state index < -0.39 is 0 Å². The van der Waals surface area contributed by atoms with Gasteiger partial charge in [0.1, 0.15) is 10.4 Å². The Balaban J connectivity index is 1.49. The van der Waals surface area contributed by atoms with Gasteiger partial charge in [-0.1, -0.05) is 17.8 Å². The zero-order valence-electron chi connectivity index (χ0n) is 20.3. The largest absolute Gasteiger partial charge is 0.494 e. The van der Waals surface area contributed by atoms with Gasteiger partial charge in [0.25, 0.3) is 5.56 Å². The van der Waals surface area contributed by atoms with Crippen molar-refractivity contribution in [3.8, 4) is 17.2 Å². The summed E-state index contributed by atoms with van der Waals surface area (Å²) >= 11 is 2.61. The third kappa shape index (κ3) is 6.00. The molecular weight excluding hydrogens is 498 g/mol. The number of ether oxygens (including phenoxy) is 3. The van der Waals surface area contributed by atoms with Gasteiger partial charge in [-0.2, -0.15) is 0 Å². The molecule has 0 aliphatic rings. The van der Waals surface area contributed by atoms with Crippen LogP contribution in [0.25, 0.3) is 10.2 Å². The molecule has 0 saturated heterocycles. The Bertz CT molecular complexity index is 1400. The maximum atomic E-state index is 13.2. The third-order valence-corrected chi connectivity index (χ3v) is 7.25. The Morgan fingerprint density at radius 2 is 1.86 bits per heavy atom. The molecule has 1 amide bonds. The summed E-state index contributed by atoms with van der Waals surface area (Å²) in [5.74, 6) is 1.96. The first-order valence-corrected chi connectivity index (χ1v) is 13.2. The molecule has 8 nitrogen and oxygen atoms in total. The van der Waals surface area contributed by atoms with Crippen molar-refractivity contribution in [2.24, 2.45) is 0 Å². The number of amides is 1. The van der Waals surface area contributed by atoms with E-state index in [1.165, 1.54) is 23.1 Å². The highest BCUT2D eigenvalue weighted by atomic mass is 32.2. The minimum Gasteiger partial charge on any atom is -0.494 e. The van der Waals surface area contributed by atoms with Gasteiger partial charge in [-0.15, -0.1) is 11.3 Å². The van der Waals surface area contributed by atoms with Gasteiger partial charge in [-0.3, -0.25) is 14.2 Å². The van der Waals surface area contributed by atoms with E-state index in [0.29, 0.717) is 52.1 Å². The molecule has 0 unspecified atom stereocenters. The van der Waals surface area contributed by atoms with Gasteiger partial charge in [-0.25, -0.2) is 4.98 Å². The molecule has 0 bridgehead atoms.